The molecule has 0 amide bonds. The van der Waals surface area contributed by atoms with Gasteiger partial charge in [-0.25, -0.2) is 9.67 Å². The minimum Gasteiger partial charge on any atom is -0.264 e. The van der Waals surface area contributed by atoms with Gasteiger partial charge < -0.3 is 0 Å². The molecule has 0 spiro atoms. The molecule has 6 aromatic rings. The molecule has 0 fully saturated rings. The molecule has 3 heterocycles. The third-order valence-corrected chi connectivity index (χ3v) is 6.78. The van der Waals surface area contributed by atoms with E-state index in [4.69, 9.17) is 15.1 Å². The van der Waals surface area contributed by atoms with Gasteiger partial charge in [-0.15, -0.1) is 11.3 Å². The highest BCUT2D eigenvalue weighted by atomic mass is 32.1. The van der Waals surface area contributed by atoms with Crippen molar-refractivity contribution in [1.82, 2.24) is 19.7 Å². The summed E-state index contributed by atoms with van der Waals surface area (Å²) >= 11 is 1.71. The van der Waals surface area contributed by atoms with Crippen molar-refractivity contribution in [2.75, 3.05) is 0 Å². The lowest BCUT2D eigenvalue weighted by Gasteiger charge is -2.00. The molecule has 0 radical (unpaired) electrons. The number of pyridine rings is 1. The lowest BCUT2D eigenvalue weighted by molar-refractivity contribution is 0.884. The summed E-state index contributed by atoms with van der Waals surface area (Å²) < 4.78 is 3.09. The summed E-state index contributed by atoms with van der Waals surface area (Å²) in [6.07, 6.45) is 7.45. The summed E-state index contributed by atoms with van der Waals surface area (Å²) in [5, 5.41) is 5.84. The zero-order valence-electron chi connectivity index (χ0n) is 19.0. The summed E-state index contributed by atoms with van der Waals surface area (Å²) in [6, 6.07) is 28.6. The molecule has 0 aliphatic heterocycles. The highest BCUT2D eigenvalue weighted by molar-refractivity contribution is 7.21. The molecule has 0 atom stereocenters. The molecule has 35 heavy (non-hydrogen) atoms. The predicted molar refractivity (Wildman–Crippen MR) is 144 cm³/mol. The maximum absolute atomic E-state index is 4.82. The Morgan fingerprint density at radius 2 is 1.74 bits per heavy atom. The SMILES string of the molecule is Cc1ccc2nc(-c3ccc(N=Cc4cn(-c5ccccc5)nc4-c4cccnc4)cc3)sc2c1. The molecular formula is C29H21N5S. The van der Waals surface area contributed by atoms with Crippen LogP contribution in [0.3, 0.4) is 0 Å². The fourth-order valence-corrected chi connectivity index (χ4v) is 4.98. The fourth-order valence-electron chi connectivity index (χ4n) is 3.91. The minimum atomic E-state index is 0.840. The number of thiazole rings is 1. The van der Waals surface area contributed by atoms with Crippen molar-refractivity contribution in [3.8, 4) is 27.5 Å². The molecule has 6 heteroatoms. The van der Waals surface area contributed by atoms with Gasteiger partial charge in [0.25, 0.3) is 0 Å². The van der Waals surface area contributed by atoms with Gasteiger partial charge >= 0.3 is 0 Å². The zero-order chi connectivity index (χ0) is 23.6. The van der Waals surface area contributed by atoms with Gasteiger partial charge in [-0.3, -0.25) is 9.98 Å². The first-order chi connectivity index (χ1) is 17.2. The van der Waals surface area contributed by atoms with Crippen molar-refractivity contribution in [3.63, 3.8) is 0 Å². The quantitative estimate of drug-likeness (QED) is 0.248. The van der Waals surface area contributed by atoms with Crippen LogP contribution < -0.4 is 0 Å². The lowest BCUT2D eigenvalue weighted by atomic mass is 10.1. The van der Waals surface area contributed by atoms with Crippen LogP contribution in [0.25, 0.3) is 37.7 Å². The molecule has 5 nitrogen and oxygen atoms in total. The molecule has 0 N–H and O–H groups in total. The Bertz CT molecular complexity index is 1630. The Kier molecular flexibility index (Phi) is 5.48. The molecular weight excluding hydrogens is 450 g/mol. The molecule has 0 unspecified atom stereocenters. The number of aryl methyl sites for hydroxylation is 1. The number of hydrogen-bond donors (Lipinski definition) is 0. The number of aliphatic imine (C=N–C) groups is 1. The highest BCUT2D eigenvalue weighted by Crippen LogP contribution is 2.32. The zero-order valence-corrected chi connectivity index (χ0v) is 19.9. The monoisotopic (exact) mass is 471 g/mol. The van der Waals surface area contributed by atoms with Crippen LogP contribution in [0.1, 0.15) is 11.1 Å². The smallest absolute Gasteiger partial charge is 0.124 e. The Labute approximate surface area is 207 Å². The summed E-state index contributed by atoms with van der Waals surface area (Å²) in [5.41, 5.74) is 7.96. The van der Waals surface area contributed by atoms with Crippen LogP contribution >= 0.6 is 11.3 Å². The number of hydrogen-bond acceptors (Lipinski definition) is 5. The largest absolute Gasteiger partial charge is 0.264 e. The Morgan fingerprint density at radius 3 is 2.54 bits per heavy atom. The summed E-state index contributed by atoms with van der Waals surface area (Å²) in [5.74, 6) is 0. The highest BCUT2D eigenvalue weighted by Gasteiger charge is 2.11. The molecule has 0 saturated heterocycles. The molecule has 0 aliphatic rings. The van der Waals surface area contributed by atoms with E-state index in [0.717, 1.165) is 44.3 Å². The van der Waals surface area contributed by atoms with Crippen molar-refractivity contribution < 1.29 is 0 Å². The second-order valence-electron chi connectivity index (χ2n) is 8.25. The fraction of sp³-hybridized carbons (Fsp3) is 0.0345. The van der Waals surface area contributed by atoms with E-state index >= 15 is 0 Å². The standard InChI is InChI=1S/C29H21N5S/c1-20-9-14-26-27(16-20)35-29(32-26)21-10-12-24(13-11-21)31-18-23-19-34(25-7-3-2-4-8-25)33-28(23)22-6-5-15-30-17-22/h2-19H,1H3. The second kappa shape index (κ2) is 9.08. The van der Waals surface area contributed by atoms with E-state index in [0.29, 0.717) is 0 Å². The first-order valence-electron chi connectivity index (χ1n) is 11.3. The molecule has 3 aromatic heterocycles. The first kappa shape index (κ1) is 21.1. The van der Waals surface area contributed by atoms with Crippen LogP contribution in [0.4, 0.5) is 5.69 Å². The Morgan fingerprint density at radius 1 is 0.886 bits per heavy atom. The van der Waals surface area contributed by atoms with Crippen LogP contribution in [0, 0.1) is 6.92 Å². The number of aromatic nitrogens is 4. The van der Waals surface area contributed by atoms with Crippen molar-refractivity contribution in [2.45, 2.75) is 6.92 Å². The molecule has 6 rings (SSSR count). The van der Waals surface area contributed by atoms with Crippen molar-refractivity contribution in [3.05, 3.63) is 115 Å². The molecule has 3 aromatic carbocycles. The maximum atomic E-state index is 4.82. The lowest BCUT2D eigenvalue weighted by Crippen LogP contribution is -1.94. The van der Waals surface area contributed by atoms with Gasteiger partial charge in [-0.05, 0) is 73.2 Å². The van der Waals surface area contributed by atoms with E-state index < -0.39 is 0 Å². The average molecular weight is 472 g/mol. The first-order valence-corrected chi connectivity index (χ1v) is 12.1. The van der Waals surface area contributed by atoms with Crippen LogP contribution in [0.15, 0.2) is 109 Å². The third kappa shape index (κ3) is 4.39. The third-order valence-electron chi connectivity index (χ3n) is 5.71. The van der Waals surface area contributed by atoms with Gasteiger partial charge in [0.05, 0.1) is 21.6 Å². The summed E-state index contributed by atoms with van der Waals surface area (Å²) in [6.45, 7) is 2.11. The number of nitrogens with zero attached hydrogens (tertiary/aromatic N) is 5. The average Bonchev–Trinajstić information content (AvgIpc) is 3.53. The van der Waals surface area contributed by atoms with Gasteiger partial charge in [0.15, 0.2) is 0 Å². The van der Waals surface area contributed by atoms with Crippen molar-refractivity contribution in [2.24, 2.45) is 4.99 Å². The second-order valence-corrected chi connectivity index (χ2v) is 9.28. The summed E-state index contributed by atoms with van der Waals surface area (Å²) in [4.78, 5) is 13.8. The Balaban J connectivity index is 1.31. The van der Waals surface area contributed by atoms with Gasteiger partial charge in [0, 0.05) is 41.5 Å². The van der Waals surface area contributed by atoms with Crippen LogP contribution in [0.2, 0.25) is 0 Å². The van der Waals surface area contributed by atoms with E-state index in [9.17, 15) is 0 Å². The predicted octanol–water partition coefficient (Wildman–Crippen LogP) is 7.27. The molecule has 168 valence electrons. The van der Waals surface area contributed by atoms with Gasteiger partial charge in [-0.1, -0.05) is 24.3 Å². The van der Waals surface area contributed by atoms with Crippen LogP contribution in [0.5, 0.6) is 0 Å². The number of para-hydroxylation sites is 1. The van der Waals surface area contributed by atoms with Gasteiger partial charge in [-0.2, -0.15) is 5.10 Å². The maximum Gasteiger partial charge on any atom is 0.124 e. The minimum absolute atomic E-state index is 0.840. The summed E-state index contributed by atoms with van der Waals surface area (Å²) in [7, 11) is 0. The topological polar surface area (TPSA) is 56.0 Å². The number of benzene rings is 3. The number of rotatable bonds is 5. The molecule has 0 bridgehead atoms. The van der Waals surface area contributed by atoms with Crippen molar-refractivity contribution in [1.29, 1.82) is 0 Å². The van der Waals surface area contributed by atoms with Gasteiger partial charge in [0.1, 0.15) is 10.7 Å². The van der Waals surface area contributed by atoms with E-state index in [1.54, 1.807) is 17.5 Å². The van der Waals surface area contributed by atoms with Crippen molar-refractivity contribution >= 4 is 33.5 Å². The van der Waals surface area contributed by atoms with E-state index in [1.165, 1.54) is 10.3 Å². The Hall–Kier alpha value is -4.42. The molecule has 0 aliphatic carbocycles. The van der Waals surface area contributed by atoms with Gasteiger partial charge in [0.2, 0.25) is 0 Å². The normalized spacial score (nSPS) is 11.5. The molecule has 0 saturated carbocycles. The number of fused-ring (bicyclic) bond motifs is 1. The van der Waals surface area contributed by atoms with Crippen LogP contribution in [-0.2, 0) is 0 Å². The van der Waals surface area contributed by atoms with E-state index in [-0.39, 0.29) is 0 Å². The van der Waals surface area contributed by atoms with Crippen LogP contribution in [-0.4, -0.2) is 26.0 Å². The van der Waals surface area contributed by atoms with E-state index in [2.05, 4.69) is 42.2 Å². The van der Waals surface area contributed by atoms with E-state index in [1.807, 2.05) is 77.9 Å².